The van der Waals surface area contributed by atoms with E-state index in [4.69, 9.17) is 9.47 Å². The first kappa shape index (κ1) is 18.0. The highest BCUT2D eigenvalue weighted by atomic mass is 16.5. The number of hydrogen-bond acceptors (Lipinski definition) is 5. The summed E-state index contributed by atoms with van der Waals surface area (Å²) < 4.78 is 11.3. The fourth-order valence-electron chi connectivity index (χ4n) is 3.31. The van der Waals surface area contributed by atoms with Crippen molar-refractivity contribution in [2.45, 2.75) is 0 Å². The van der Waals surface area contributed by atoms with Crippen molar-refractivity contribution in [3.05, 3.63) is 48.8 Å². The quantitative estimate of drug-likeness (QED) is 0.600. The molecule has 0 atom stereocenters. The average molecular weight is 366 g/mol. The maximum Gasteiger partial charge on any atom is 0.119 e. The first-order valence-corrected chi connectivity index (χ1v) is 9.56. The molecule has 0 bridgehead atoms. The number of fused-ring (bicyclic) bond motifs is 1. The van der Waals surface area contributed by atoms with E-state index in [-0.39, 0.29) is 0 Å². The van der Waals surface area contributed by atoms with Gasteiger partial charge in [-0.3, -0.25) is 4.90 Å². The van der Waals surface area contributed by atoms with Crippen LogP contribution in [-0.4, -0.2) is 67.4 Å². The highest BCUT2D eigenvalue weighted by molar-refractivity contribution is 5.81. The van der Waals surface area contributed by atoms with Gasteiger partial charge in [0.15, 0.2) is 0 Å². The van der Waals surface area contributed by atoms with E-state index in [2.05, 4.69) is 44.5 Å². The van der Waals surface area contributed by atoms with Crippen molar-refractivity contribution in [1.29, 1.82) is 0 Å². The number of nitrogens with zero attached hydrogens (tertiary/aromatic N) is 2. The van der Waals surface area contributed by atoms with Crippen LogP contribution in [0, 0.1) is 0 Å². The Morgan fingerprint density at radius 2 is 1.96 bits per heavy atom. The van der Waals surface area contributed by atoms with Crippen molar-refractivity contribution < 1.29 is 9.47 Å². The Morgan fingerprint density at radius 3 is 2.89 bits per heavy atom. The summed E-state index contributed by atoms with van der Waals surface area (Å²) in [5, 5.41) is 3.45. The van der Waals surface area contributed by atoms with Crippen LogP contribution in [0.15, 0.2) is 48.8 Å². The topological polar surface area (TPSA) is 62.4 Å². The summed E-state index contributed by atoms with van der Waals surface area (Å²) >= 11 is 0. The standard InChI is InChI=1S/C21H26N4O2/c1-2-17(18-4-5-20-21(15-18)24-16-23-20)14-19(3-1)27-11-7-22-6-8-25-9-12-26-13-10-25/h1-5,14-16,22H,6-13H2,(H,23,24). The number of aromatic nitrogens is 2. The van der Waals surface area contributed by atoms with Gasteiger partial charge in [0.25, 0.3) is 0 Å². The molecule has 0 aliphatic carbocycles. The summed E-state index contributed by atoms with van der Waals surface area (Å²) in [6.45, 7) is 7.33. The van der Waals surface area contributed by atoms with Crippen molar-refractivity contribution in [1.82, 2.24) is 20.2 Å². The van der Waals surface area contributed by atoms with Gasteiger partial charge < -0.3 is 19.8 Å². The van der Waals surface area contributed by atoms with Gasteiger partial charge in [-0.25, -0.2) is 4.98 Å². The Hall–Kier alpha value is -2.41. The second-order valence-corrected chi connectivity index (χ2v) is 6.71. The van der Waals surface area contributed by atoms with Gasteiger partial charge in [0.05, 0.1) is 30.6 Å². The summed E-state index contributed by atoms with van der Waals surface area (Å²) in [6.07, 6.45) is 1.72. The third kappa shape index (κ3) is 4.86. The molecule has 2 heterocycles. The minimum absolute atomic E-state index is 0.659. The first-order valence-electron chi connectivity index (χ1n) is 9.56. The molecule has 2 aromatic carbocycles. The average Bonchev–Trinajstić information content (AvgIpc) is 3.19. The van der Waals surface area contributed by atoms with Crippen LogP contribution < -0.4 is 10.1 Å². The molecule has 0 radical (unpaired) electrons. The summed E-state index contributed by atoms with van der Waals surface area (Å²) in [4.78, 5) is 9.86. The second kappa shape index (κ2) is 8.99. The Kier molecular flexibility index (Phi) is 5.99. The summed E-state index contributed by atoms with van der Waals surface area (Å²) in [5.74, 6) is 0.896. The van der Waals surface area contributed by atoms with Crippen molar-refractivity contribution >= 4 is 11.0 Å². The monoisotopic (exact) mass is 366 g/mol. The van der Waals surface area contributed by atoms with Gasteiger partial charge in [-0.15, -0.1) is 0 Å². The Bertz CT molecular complexity index is 858. The minimum atomic E-state index is 0.659. The van der Waals surface area contributed by atoms with Gasteiger partial charge in [0.2, 0.25) is 0 Å². The van der Waals surface area contributed by atoms with Crippen molar-refractivity contribution in [3.8, 4) is 16.9 Å². The molecular weight excluding hydrogens is 340 g/mol. The first-order chi connectivity index (χ1) is 13.4. The van der Waals surface area contributed by atoms with Crippen LogP contribution in [0.3, 0.4) is 0 Å². The molecule has 6 heteroatoms. The maximum absolute atomic E-state index is 5.92. The zero-order chi connectivity index (χ0) is 18.3. The van der Waals surface area contributed by atoms with Crippen LogP contribution in [-0.2, 0) is 4.74 Å². The van der Waals surface area contributed by atoms with Crippen LogP contribution in [0.5, 0.6) is 5.75 Å². The molecule has 0 saturated carbocycles. The molecule has 0 spiro atoms. The van der Waals surface area contributed by atoms with Crippen LogP contribution in [0.2, 0.25) is 0 Å². The summed E-state index contributed by atoms with van der Waals surface area (Å²) in [5.41, 5.74) is 4.32. The number of hydrogen-bond donors (Lipinski definition) is 2. The number of morpholine rings is 1. The van der Waals surface area contributed by atoms with Gasteiger partial charge >= 0.3 is 0 Å². The zero-order valence-corrected chi connectivity index (χ0v) is 15.5. The molecule has 0 unspecified atom stereocenters. The Balaban J connectivity index is 1.24. The Morgan fingerprint density at radius 1 is 1.07 bits per heavy atom. The number of H-pyrrole nitrogens is 1. The van der Waals surface area contributed by atoms with Crippen LogP contribution >= 0.6 is 0 Å². The van der Waals surface area contributed by atoms with E-state index in [0.29, 0.717) is 6.61 Å². The molecule has 1 aromatic heterocycles. The smallest absolute Gasteiger partial charge is 0.119 e. The van der Waals surface area contributed by atoms with E-state index in [1.54, 1.807) is 6.33 Å². The molecule has 4 rings (SSSR count). The van der Waals surface area contributed by atoms with E-state index in [0.717, 1.165) is 73.8 Å². The molecule has 27 heavy (non-hydrogen) atoms. The number of aromatic amines is 1. The highest BCUT2D eigenvalue weighted by Gasteiger charge is 2.09. The fraction of sp³-hybridized carbons (Fsp3) is 0.381. The molecule has 142 valence electrons. The molecular formula is C21H26N4O2. The third-order valence-electron chi connectivity index (χ3n) is 4.84. The lowest BCUT2D eigenvalue weighted by Gasteiger charge is -2.26. The predicted octanol–water partition coefficient (Wildman–Crippen LogP) is 2.53. The number of benzene rings is 2. The van der Waals surface area contributed by atoms with Gasteiger partial charge in [-0.2, -0.15) is 0 Å². The van der Waals surface area contributed by atoms with Crippen LogP contribution in [0.25, 0.3) is 22.2 Å². The maximum atomic E-state index is 5.92. The van der Waals surface area contributed by atoms with Crippen LogP contribution in [0.4, 0.5) is 0 Å². The lowest BCUT2D eigenvalue weighted by atomic mass is 10.0. The molecule has 1 fully saturated rings. The van der Waals surface area contributed by atoms with Gasteiger partial charge in [0.1, 0.15) is 12.4 Å². The molecule has 6 nitrogen and oxygen atoms in total. The minimum Gasteiger partial charge on any atom is -0.492 e. The number of ether oxygens (including phenoxy) is 2. The molecule has 1 aliphatic heterocycles. The summed E-state index contributed by atoms with van der Waals surface area (Å²) in [7, 11) is 0. The fourth-order valence-corrected chi connectivity index (χ4v) is 3.31. The molecule has 1 saturated heterocycles. The zero-order valence-electron chi connectivity index (χ0n) is 15.5. The second-order valence-electron chi connectivity index (χ2n) is 6.71. The van der Waals surface area contributed by atoms with Crippen molar-refractivity contribution in [3.63, 3.8) is 0 Å². The Labute approximate surface area is 159 Å². The van der Waals surface area contributed by atoms with E-state index in [1.165, 1.54) is 0 Å². The van der Waals surface area contributed by atoms with E-state index in [9.17, 15) is 0 Å². The SMILES string of the molecule is c1cc(OCCNCCN2CCOCC2)cc(-c2ccc3nc[nH]c3c2)c1. The highest BCUT2D eigenvalue weighted by Crippen LogP contribution is 2.26. The largest absolute Gasteiger partial charge is 0.492 e. The van der Waals surface area contributed by atoms with Gasteiger partial charge in [-0.1, -0.05) is 18.2 Å². The lowest BCUT2D eigenvalue weighted by molar-refractivity contribution is 0.0383. The normalized spacial score (nSPS) is 15.3. The molecule has 0 amide bonds. The number of rotatable bonds is 8. The van der Waals surface area contributed by atoms with Gasteiger partial charge in [0, 0.05) is 32.7 Å². The molecule has 1 aliphatic rings. The number of nitrogens with one attached hydrogen (secondary N) is 2. The number of imidazole rings is 1. The summed E-state index contributed by atoms with van der Waals surface area (Å²) in [6, 6.07) is 14.5. The van der Waals surface area contributed by atoms with E-state index < -0.39 is 0 Å². The van der Waals surface area contributed by atoms with Crippen molar-refractivity contribution in [2.24, 2.45) is 0 Å². The molecule has 3 aromatic rings. The molecule has 2 N–H and O–H groups in total. The third-order valence-corrected chi connectivity index (χ3v) is 4.84. The van der Waals surface area contributed by atoms with E-state index >= 15 is 0 Å². The predicted molar refractivity (Wildman–Crippen MR) is 107 cm³/mol. The lowest BCUT2D eigenvalue weighted by Crippen LogP contribution is -2.40. The van der Waals surface area contributed by atoms with Crippen molar-refractivity contribution in [2.75, 3.05) is 52.5 Å². The van der Waals surface area contributed by atoms with Crippen LogP contribution in [0.1, 0.15) is 0 Å². The van der Waals surface area contributed by atoms with Gasteiger partial charge in [-0.05, 0) is 35.4 Å². The van der Waals surface area contributed by atoms with E-state index in [1.807, 2.05) is 18.2 Å².